The van der Waals surface area contributed by atoms with E-state index in [2.05, 4.69) is 10.6 Å². The van der Waals surface area contributed by atoms with E-state index in [4.69, 9.17) is 5.73 Å². The number of rotatable bonds is 7. The Hall–Kier alpha value is -0.750. The minimum Gasteiger partial charge on any atom is -0.352 e. The molecule has 0 aromatic carbocycles. The molecule has 0 spiro atoms. The number of carbonyl (C=O) groups excluding carboxylic acids is 2. The van der Waals surface area contributed by atoms with Crippen LogP contribution in [0.3, 0.4) is 0 Å². The second-order valence-corrected chi connectivity index (χ2v) is 5.39. The Morgan fingerprint density at radius 1 is 1.41 bits per heavy atom. The maximum atomic E-state index is 11.6. The van der Waals surface area contributed by atoms with Crippen molar-refractivity contribution in [3.8, 4) is 0 Å². The predicted octanol–water partition coefficient (Wildman–Crippen LogP) is -0.150. The lowest BCUT2D eigenvalue weighted by Crippen LogP contribution is -2.50. The largest absolute Gasteiger partial charge is 0.352 e. The second kappa shape index (κ2) is 6.86. The first-order chi connectivity index (χ1) is 8.04. The molecule has 0 heterocycles. The number of carbonyl (C=O) groups is 2. The molecule has 0 aromatic rings. The highest BCUT2D eigenvalue weighted by molar-refractivity contribution is 7.98. The molecule has 1 aliphatic rings. The zero-order valence-corrected chi connectivity index (χ0v) is 11.2. The van der Waals surface area contributed by atoms with Gasteiger partial charge < -0.3 is 16.4 Å². The summed E-state index contributed by atoms with van der Waals surface area (Å²) in [6, 6.07) is -0.728. The molecule has 5 nitrogen and oxygen atoms in total. The highest BCUT2D eigenvalue weighted by atomic mass is 32.2. The van der Waals surface area contributed by atoms with Gasteiger partial charge in [-0.2, -0.15) is 11.8 Å². The molecule has 4 N–H and O–H groups in total. The van der Waals surface area contributed by atoms with Gasteiger partial charge in [-0.15, -0.1) is 0 Å². The van der Waals surface area contributed by atoms with Crippen molar-refractivity contribution < 1.29 is 9.59 Å². The Labute approximate surface area is 106 Å². The van der Waals surface area contributed by atoms with Crippen LogP contribution < -0.4 is 16.4 Å². The molecule has 1 rings (SSSR count). The number of nitrogens with two attached hydrogens (primary N) is 1. The van der Waals surface area contributed by atoms with Crippen LogP contribution in [0, 0.1) is 0 Å². The maximum absolute atomic E-state index is 11.6. The van der Waals surface area contributed by atoms with Crippen LogP contribution in [0.15, 0.2) is 0 Å². The van der Waals surface area contributed by atoms with Crippen molar-refractivity contribution in [2.24, 2.45) is 5.73 Å². The molecule has 0 saturated heterocycles. The van der Waals surface area contributed by atoms with Gasteiger partial charge in [-0.25, -0.2) is 0 Å². The molecule has 0 radical (unpaired) electrons. The van der Waals surface area contributed by atoms with E-state index in [0.29, 0.717) is 12.5 Å². The summed E-state index contributed by atoms with van der Waals surface area (Å²) < 4.78 is 0. The lowest BCUT2D eigenvalue weighted by molar-refractivity contribution is -0.129. The first-order valence-corrected chi connectivity index (χ1v) is 7.29. The number of hydrogen-bond donors (Lipinski definition) is 3. The van der Waals surface area contributed by atoms with Crippen LogP contribution >= 0.6 is 11.8 Å². The Morgan fingerprint density at radius 3 is 2.59 bits per heavy atom. The van der Waals surface area contributed by atoms with Crippen LogP contribution in [-0.4, -0.2) is 41.9 Å². The van der Waals surface area contributed by atoms with E-state index in [1.165, 1.54) is 0 Å². The quantitative estimate of drug-likeness (QED) is 0.594. The van der Waals surface area contributed by atoms with Gasteiger partial charge in [-0.3, -0.25) is 9.59 Å². The number of nitrogens with one attached hydrogen (secondary N) is 2. The summed E-state index contributed by atoms with van der Waals surface area (Å²) in [5.41, 5.74) is 5.71. The van der Waals surface area contributed by atoms with E-state index >= 15 is 0 Å². The van der Waals surface area contributed by atoms with E-state index in [1.54, 1.807) is 18.7 Å². The first kappa shape index (κ1) is 14.3. The minimum absolute atomic E-state index is 0.127. The maximum Gasteiger partial charge on any atom is 0.242 e. The number of hydrogen-bond acceptors (Lipinski definition) is 4. The number of thioether (sulfide) groups is 1. The van der Waals surface area contributed by atoms with Crippen molar-refractivity contribution in [2.75, 3.05) is 12.0 Å². The van der Waals surface area contributed by atoms with Gasteiger partial charge in [-0.1, -0.05) is 0 Å². The van der Waals surface area contributed by atoms with Crippen molar-refractivity contribution in [3.05, 3.63) is 0 Å². The predicted molar refractivity (Wildman–Crippen MR) is 69.7 cm³/mol. The molecule has 98 valence electrons. The fraction of sp³-hybridized carbons (Fsp3) is 0.818. The molecule has 2 amide bonds. The van der Waals surface area contributed by atoms with Gasteiger partial charge in [0.25, 0.3) is 0 Å². The summed E-state index contributed by atoms with van der Waals surface area (Å²) in [5.74, 6) is 0.465. The van der Waals surface area contributed by atoms with Crippen LogP contribution in [0.1, 0.15) is 26.2 Å². The standard InChI is InChI=1S/C11H21N3O2S/c1-7(10(15)14-8-3-4-8)13-11(16)9(12)5-6-17-2/h7-9H,3-6,12H2,1-2H3,(H,13,16)(H,14,15)/t7?,9-/m1/s1. The van der Waals surface area contributed by atoms with Gasteiger partial charge in [0, 0.05) is 6.04 Å². The minimum atomic E-state index is -0.529. The Morgan fingerprint density at radius 2 is 2.06 bits per heavy atom. The summed E-state index contributed by atoms with van der Waals surface area (Å²) in [6.07, 6.45) is 4.68. The summed E-state index contributed by atoms with van der Waals surface area (Å²) in [6.45, 7) is 1.68. The van der Waals surface area contributed by atoms with Gasteiger partial charge in [0.1, 0.15) is 6.04 Å². The van der Waals surface area contributed by atoms with Crippen molar-refractivity contribution in [1.29, 1.82) is 0 Å². The number of amides is 2. The normalized spacial score (nSPS) is 18.3. The van der Waals surface area contributed by atoms with Crippen LogP contribution in [0.5, 0.6) is 0 Å². The van der Waals surface area contributed by atoms with Crippen LogP contribution in [0.2, 0.25) is 0 Å². The van der Waals surface area contributed by atoms with Gasteiger partial charge in [0.15, 0.2) is 0 Å². The van der Waals surface area contributed by atoms with E-state index < -0.39 is 12.1 Å². The SMILES string of the molecule is CSCC[C@@H](N)C(=O)NC(C)C(=O)NC1CC1. The van der Waals surface area contributed by atoms with E-state index in [1.807, 2.05) is 6.26 Å². The molecule has 1 fully saturated rings. The van der Waals surface area contributed by atoms with Crippen molar-refractivity contribution in [1.82, 2.24) is 10.6 Å². The Balaban J connectivity index is 2.25. The summed E-state index contributed by atoms with van der Waals surface area (Å²) in [4.78, 5) is 23.2. The molecule has 17 heavy (non-hydrogen) atoms. The third-order valence-electron chi connectivity index (χ3n) is 2.65. The fourth-order valence-electron chi connectivity index (χ4n) is 1.32. The highest BCUT2D eigenvalue weighted by Gasteiger charge is 2.26. The smallest absolute Gasteiger partial charge is 0.242 e. The van der Waals surface area contributed by atoms with E-state index in [9.17, 15) is 9.59 Å². The molecule has 1 aliphatic carbocycles. The zero-order valence-electron chi connectivity index (χ0n) is 10.4. The zero-order chi connectivity index (χ0) is 12.8. The topological polar surface area (TPSA) is 84.2 Å². The average molecular weight is 259 g/mol. The molecular weight excluding hydrogens is 238 g/mol. The third-order valence-corrected chi connectivity index (χ3v) is 3.29. The molecule has 0 bridgehead atoms. The first-order valence-electron chi connectivity index (χ1n) is 5.90. The molecule has 2 atom stereocenters. The molecule has 6 heteroatoms. The fourth-order valence-corrected chi connectivity index (χ4v) is 1.81. The van der Waals surface area contributed by atoms with E-state index in [0.717, 1.165) is 18.6 Å². The van der Waals surface area contributed by atoms with Crippen molar-refractivity contribution in [2.45, 2.75) is 44.3 Å². The van der Waals surface area contributed by atoms with Crippen molar-refractivity contribution >= 4 is 23.6 Å². The molecular formula is C11H21N3O2S. The molecule has 1 unspecified atom stereocenters. The summed E-state index contributed by atoms with van der Waals surface area (Å²) in [5, 5.41) is 5.48. The van der Waals surface area contributed by atoms with Crippen LogP contribution in [0.25, 0.3) is 0 Å². The second-order valence-electron chi connectivity index (χ2n) is 4.40. The van der Waals surface area contributed by atoms with Gasteiger partial charge in [-0.05, 0) is 38.2 Å². The molecule has 0 aliphatic heterocycles. The lowest BCUT2D eigenvalue weighted by Gasteiger charge is -2.17. The summed E-state index contributed by atoms with van der Waals surface area (Å²) >= 11 is 1.65. The molecule has 1 saturated carbocycles. The Kier molecular flexibility index (Phi) is 5.77. The van der Waals surface area contributed by atoms with Gasteiger partial charge in [0.2, 0.25) is 11.8 Å². The molecule has 0 aromatic heterocycles. The van der Waals surface area contributed by atoms with E-state index in [-0.39, 0.29) is 11.8 Å². The van der Waals surface area contributed by atoms with Crippen LogP contribution in [0.4, 0.5) is 0 Å². The monoisotopic (exact) mass is 259 g/mol. The van der Waals surface area contributed by atoms with Gasteiger partial charge in [0.05, 0.1) is 6.04 Å². The highest BCUT2D eigenvalue weighted by Crippen LogP contribution is 2.18. The average Bonchev–Trinajstić information content (AvgIpc) is 3.09. The van der Waals surface area contributed by atoms with Gasteiger partial charge >= 0.3 is 0 Å². The van der Waals surface area contributed by atoms with Crippen molar-refractivity contribution in [3.63, 3.8) is 0 Å². The Bertz CT molecular complexity index is 282. The third kappa shape index (κ3) is 5.41. The van der Waals surface area contributed by atoms with Crippen LogP contribution in [-0.2, 0) is 9.59 Å². The summed E-state index contributed by atoms with van der Waals surface area (Å²) in [7, 11) is 0. The lowest BCUT2D eigenvalue weighted by atomic mass is 10.2.